The summed E-state index contributed by atoms with van der Waals surface area (Å²) in [4.78, 5) is 0. The first-order valence-electron chi connectivity index (χ1n) is 7.29. The van der Waals surface area contributed by atoms with E-state index in [1.165, 1.54) is 38.4 Å². The number of ether oxygens (including phenoxy) is 3. The number of epoxide rings is 1. The minimum Gasteiger partial charge on any atom is -0.499 e. The van der Waals surface area contributed by atoms with Crippen LogP contribution in [0.25, 0.3) is 0 Å². The van der Waals surface area contributed by atoms with Crippen molar-refractivity contribution in [2.45, 2.75) is 57.2 Å². The highest BCUT2D eigenvalue weighted by Gasteiger charge is 2.41. The van der Waals surface area contributed by atoms with E-state index in [9.17, 15) is 0 Å². The summed E-state index contributed by atoms with van der Waals surface area (Å²) < 4.78 is 17.0. The van der Waals surface area contributed by atoms with Crippen LogP contribution in [-0.2, 0) is 14.2 Å². The SMILES string of the molecule is C=COCC(CC)(OCC1CO1)C1CCCCC1. The molecule has 3 nitrogen and oxygen atoms in total. The molecule has 0 spiro atoms. The minimum atomic E-state index is -0.138. The molecule has 18 heavy (non-hydrogen) atoms. The summed E-state index contributed by atoms with van der Waals surface area (Å²) >= 11 is 0. The van der Waals surface area contributed by atoms with Crippen LogP contribution >= 0.6 is 0 Å². The Morgan fingerprint density at radius 2 is 2.06 bits per heavy atom. The summed E-state index contributed by atoms with van der Waals surface area (Å²) in [7, 11) is 0. The Hall–Kier alpha value is -0.540. The first-order valence-corrected chi connectivity index (χ1v) is 7.29. The zero-order valence-electron chi connectivity index (χ0n) is 11.5. The first kappa shape index (κ1) is 13.9. The van der Waals surface area contributed by atoms with Crippen LogP contribution < -0.4 is 0 Å². The van der Waals surface area contributed by atoms with Crippen molar-refractivity contribution in [3.05, 3.63) is 12.8 Å². The second-order valence-electron chi connectivity index (χ2n) is 5.50. The average Bonchev–Trinajstić information content (AvgIpc) is 3.25. The van der Waals surface area contributed by atoms with Crippen molar-refractivity contribution in [1.82, 2.24) is 0 Å². The molecule has 0 N–H and O–H groups in total. The molecule has 1 heterocycles. The number of hydrogen-bond acceptors (Lipinski definition) is 3. The lowest BCUT2D eigenvalue weighted by Gasteiger charge is -2.41. The van der Waals surface area contributed by atoms with Gasteiger partial charge in [-0.2, -0.15) is 0 Å². The molecule has 1 aliphatic heterocycles. The molecular weight excluding hydrogens is 228 g/mol. The van der Waals surface area contributed by atoms with Gasteiger partial charge in [0, 0.05) is 0 Å². The molecule has 104 valence electrons. The van der Waals surface area contributed by atoms with Crippen molar-refractivity contribution in [2.24, 2.45) is 5.92 Å². The minimum absolute atomic E-state index is 0.138. The summed E-state index contributed by atoms with van der Waals surface area (Å²) in [5.41, 5.74) is -0.138. The number of hydrogen-bond donors (Lipinski definition) is 0. The van der Waals surface area contributed by atoms with Gasteiger partial charge in [0.1, 0.15) is 18.3 Å². The summed E-state index contributed by atoms with van der Waals surface area (Å²) in [6.45, 7) is 8.05. The van der Waals surface area contributed by atoms with Crippen LogP contribution in [0.15, 0.2) is 12.8 Å². The third-order valence-corrected chi connectivity index (χ3v) is 4.35. The van der Waals surface area contributed by atoms with Gasteiger partial charge in [0.2, 0.25) is 0 Å². The molecule has 0 aromatic carbocycles. The maximum Gasteiger partial charge on any atom is 0.116 e. The Labute approximate surface area is 110 Å². The van der Waals surface area contributed by atoms with Gasteiger partial charge in [-0.25, -0.2) is 0 Å². The highest BCUT2D eigenvalue weighted by Crippen LogP contribution is 2.38. The molecule has 2 atom stereocenters. The van der Waals surface area contributed by atoms with Crippen molar-refractivity contribution >= 4 is 0 Å². The van der Waals surface area contributed by atoms with Gasteiger partial charge in [-0.1, -0.05) is 32.8 Å². The van der Waals surface area contributed by atoms with Gasteiger partial charge in [0.15, 0.2) is 0 Å². The third-order valence-electron chi connectivity index (χ3n) is 4.35. The van der Waals surface area contributed by atoms with Crippen molar-refractivity contribution in [1.29, 1.82) is 0 Å². The maximum atomic E-state index is 6.25. The highest BCUT2D eigenvalue weighted by molar-refractivity contribution is 4.90. The van der Waals surface area contributed by atoms with Crippen LogP contribution in [0.3, 0.4) is 0 Å². The second kappa shape index (κ2) is 6.58. The molecule has 0 aromatic heterocycles. The lowest BCUT2D eigenvalue weighted by molar-refractivity contribution is -0.132. The Morgan fingerprint density at radius 1 is 1.33 bits per heavy atom. The van der Waals surface area contributed by atoms with E-state index in [1.54, 1.807) is 0 Å². The molecule has 0 amide bonds. The quantitative estimate of drug-likeness (QED) is 0.492. The molecule has 1 saturated carbocycles. The van der Waals surface area contributed by atoms with Gasteiger partial charge in [0.25, 0.3) is 0 Å². The van der Waals surface area contributed by atoms with Crippen molar-refractivity contribution in [3.63, 3.8) is 0 Å². The first-order chi connectivity index (χ1) is 8.80. The van der Waals surface area contributed by atoms with Gasteiger partial charge in [-0.3, -0.25) is 0 Å². The Balaban J connectivity index is 1.98. The lowest BCUT2D eigenvalue weighted by Crippen LogP contribution is -2.46. The molecule has 2 fully saturated rings. The van der Waals surface area contributed by atoms with Crippen LogP contribution in [-0.4, -0.2) is 31.5 Å². The van der Waals surface area contributed by atoms with E-state index in [4.69, 9.17) is 14.2 Å². The monoisotopic (exact) mass is 254 g/mol. The number of rotatable bonds is 8. The van der Waals surface area contributed by atoms with Gasteiger partial charge in [-0.05, 0) is 25.2 Å². The van der Waals surface area contributed by atoms with E-state index in [-0.39, 0.29) is 5.60 Å². The standard InChI is InChI=1S/C15H26O3/c1-3-15(12-16-4-2,18-11-14-10-17-14)13-8-6-5-7-9-13/h4,13-14H,2-3,5-12H2,1H3. The highest BCUT2D eigenvalue weighted by atomic mass is 16.6. The fraction of sp³-hybridized carbons (Fsp3) is 0.867. The Bertz CT molecular complexity index is 256. The van der Waals surface area contributed by atoms with Crippen molar-refractivity contribution in [2.75, 3.05) is 19.8 Å². The third kappa shape index (κ3) is 3.48. The molecular formula is C15H26O3. The zero-order chi connectivity index (χ0) is 12.8. The smallest absolute Gasteiger partial charge is 0.116 e. The molecule has 2 aliphatic rings. The summed E-state index contributed by atoms with van der Waals surface area (Å²) in [5, 5.41) is 0. The molecule has 0 radical (unpaired) electrons. The van der Waals surface area contributed by atoms with E-state index in [0.29, 0.717) is 25.2 Å². The average molecular weight is 254 g/mol. The predicted octanol–water partition coefficient (Wildman–Crippen LogP) is 3.29. The maximum absolute atomic E-state index is 6.25. The largest absolute Gasteiger partial charge is 0.499 e. The van der Waals surface area contributed by atoms with Crippen LogP contribution in [0.5, 0.6) is 0 Å². The molecule has 1 aliphatic carbocycles. The van der Waals surface area contributed by atoms with E-state index in [0.717, 1.165) is 13.0 Å². The molecule has 0 bridgehead atoms. The Kier molecular flexibility index (Phi) is 5.07. The fourth-order valence-electron chi connectivity index (χ4n) is 3.02. The summed E-state index contributed by atoms with van der Waals surface area (Å²) in [6.07, 6.45) is 9.39. The molecule has 2 unspecified atom stereocenters. The van der Waals surface area contributed by atoms with Crippen LogP contribution in [0.1, 0.15) is 45.4 Å². The van der Waals surface area contributed by atoms with Crippen LogP contribution in [0.2, 0.25) is 0 Å². The van der Waals surface area contributed by atoms with E-state index >= 15 is 0 Å². The molecule has 3 heteroatoms. The van der Waals surface area contributed by atoms with E-state index < -0.39 is 0 Å². The van der Waals surface area contributed by atoms with Gasteiger partial charge in [0.05, 0.1) is 19.5 Å². The van der Waals surface area contributed by atoms with E-state index in [2.05, 4.69) is 13.5 Å². The zero-order valence-corrected chi connectivity index (χ0v) is 11.5. The van der Waals surface area contributed by atoms with Crippen LogP contribution in [0.4, 0.5) is 0 Å². The van der Waals surface area contributed by atoms with Crippen molar-refractivity contribution in [3.8, 4) is 0 Å². The van der Waals surface area contributed by atoms with E-state index in [1.807, 2.05) is 0 Å². The Morgan fingerprint density at radius 3 is 2.61 bits per heavy atom. The lowest BCUT2D eigenvalue weighted by atomic mass is 9.75. The second-order valence-corrected chi connectivity index (χ2v) is 5.50. The molecule has 2 rings (SSSR count). The summed E-state index contributed by atoms with van der Waals surface area (Å²) in [6, 6.07) is 0. The molecule has 1 saturated heterocycles. The van der Waals surface area contributed by atoms with Gasteiger partial charge in [-0.15, -0.1) is 0 Å². The van der Waals surface area contributed by atoms with Gasteiger partial charge < -0.3 is 14.2 Å². The van der Waals surface area contributed by atoms with Crippen LogP contribution in [0, 0.1) is 5.92 Å². The predicted molar refractivity (Wildman–Crippen MR) is 71.4 cm³/mol. The van der Waals surface area contributed by atoms with Crippen molar-refractivity contribution < 1.29 is 14.2 Å². The van der Waals surface area contributed by atoms with Gasteiger partial charge >= 0.3 is 0 Å². The molecule has 0 aromatic rings. The normalized spacial score (nSPS) is 27.5. The topological polar surface area (TPSA) is 31.0 Å². The fourth-order valence-corrected chi connectivity index (χ4v) is 3.02. The summed E-state index contributed by atoms with van der Waals surface area (Å²) in [5.74, 6) is 0.620.